The number of likely N-dealkylation sites (tertiary alicyclic amines) is 1. The number of aryl methyl sites for hydroxylation is 2. The summed E-state index contributed by atoms with van der Waals surface area (Å²) in [7, 11) is 1.61. The van der Waals surface area contributed by atoms with Crippen molar-refractivity contribution in [2.75, 3.05) is 13.7 Å². The van der Waals surface area contributed by atoms with Crippen molar-refractivity contribution in [1.29, 1.82) is 0 Å². The average Bonchev–Trinajstić information content (AvgIpc) is 3.05. The molecule has 1 aromatic rings. The minimum absolute atomic E-state index is 0.108. The highest BCUT2D eigenvalue weighted by atomic mass is 16.5. The highest BCUT2D eigenvalue weighted by molar-refractivity contribution is 5.97. The van der Waals surface area contributed by atoms with Gasteiger partial charge in [-0.2, -0.15) is 0 Å². The fraction of sp³-hybridized carbons (Fsp3) is 0.556. The van der Waals surface area contributed by atoms with Crippen molar-refractivity contribution in [1.82, 2.24) is 4.90 Å². The van der Waals surface area contributed by atoms with Crippen molar-refractivity contribution in [3.63, 3.8) is 0 Å². The molecule has 1 N–H and O–H groups in total. The van der Waals surface area contributed by atoms with Crippen LogP contribution in [0.15, 0.2) is 12.1 Å². The van der Waals surface area contributed by atoms with Crippen LogP contribution in [0.3, 0.4) is 0 Å². The zero-order chi connectivity index (χ0) is 16.7. The molecule has 0 unspecified atom stereocenters. The summed E-state index contributed by atoms with van der Waals surface area (Å²) < 4.78 is 5.34. The third kappa shape index (κ3) is 2.58. The minimum atomic E-state index is -0.880. The van der Waals surface area contributed by atoms with Crippen LogP contribution in [0.4, 0.5) is 0 Å². The van der Waals surface area contributed by atoms with E-state index in [0.717, 1.165) is 36.1 Å². The molecular formula is C18H23NO4. The number of carbonyl (C=O) groups excluding carboxylic acids is 1. The smallest absolute Gasteiger partial charge is 0.326 e. The van der Waals surface area contributed by atoms with Crippen molar-refractivity contribution in [2.45, 2.75) is 39.2 Å². The lowest BCUT2D eigenvalue weighted by molar-refractivity contribution is -0.142. The summed E-state index contributed by atoms with van der Waals surface area (Å²) in [6.45, 7) is 4.36. The topological polar surface area (TPSA) is 66.8 Å². The van der Waals surface area contributed by atoms with E-state index in [1.165, 1.54) is 0 Å². The van der Waals surface area contributed by atoms with E-state index in [0.29, 0.717) is 18.0 Å². The fourth-order valence-electron chi connectivity index (χ4n) is 4.39. The zero-order valence-corrected chi connectivity index (χ0v) is 13.8. The van der Waals surface area contributed by atoms with E-state index in [2.05, 4.69) is 0 Å². The molecule has 5 nitrogen and oxygen atoms in total. The van der Waals surface area contributed by atoms with Gasteiger partial charge in [-0.1, -0.05) is 6.42 Å². The summed E-state index contributed by atoms with van der Waals surface area (Å²) in [5.41, 5.74) is 2.33. The molecule has 1 saturated heterocycles. The number of fused-ring (bicyclic) bond motifs is 1. The molecule has 124 valence electrons. The summed E-state index contributed by atoms with van der Waals surface area (Å²) in [4.78, 5) is 26.2. The van der Waals surface area contributed by atoms with E-state index < -0.39 is 12.0 Å². The second kappa shape index (κ2) is 5.87. The second-order valence-corrected chi connectivity index (χ2v) is 6.74. The van der Waals surface area contributed by atoms with Crippen molar-refractivity contribution in [3.8, 4) is 5.75 Å². The maximum atomic E-state index is 12.9. The minimum Gasteiger partial charge on any atom is -0.496 e. The molecule has 1 aliphatic carbocycles. The molecule has 2 fully saturated rings. The number of aliphatic carboxylic acids is 1. The number of carboxylic acid groups (broad SMARTS) is 1. The largest absolute Gasteiger partial charge is 0.496 e. The Morgan fingerprint density at radius 1 is 1.22 bits per heavy atom. The molecule has 0 spiro atoms. The van der Waals surface area contributed by atoms with Gasteiger partial charge >= 0.3 is 5.97 Å². The number of benzene rings is 1. The van der Waals surface area contributed by atoms with Gasteiger partial charge in [0.25, 0.3) is 5.91 Å². The third-order valence-corrected chi connectivity index (χ3v) is 5.32. The lowest BCUT2D eigenvalue weighted by Crippen LogP contribution is -2.43. The van der Waals surface area contributed by atoms with Crippen molar-refractivity contribution in [2.24, 2.45) is 11.8 Å². The monoisotopic (exact) mass is 317 g/mol. The lowest BCUT2D eigenvalue weighted by Gasteiger charge is -2.25. The number of ether oxygens (including phenoxy) is 1. The van der Waals surface area contributed by atoms with Gasteiger partial charge < -0.3 is 14.7 Å². The van der Waals surface area contributed by atoms with Gasteiger partial charge in [0.1, 0.15) is 11.8 Å². The average molecular weight is 317 g/mol. The highest BCUT2D eigenvalue weighted by Crippen LogP contribution is 2.43. The van der Waals surface area contributed by atoms with Crippen molar-refractivity contribution >= 4 is 11.9 Å². The van der Waals surface area contributed by atoms with Gasteiger partial charge in [-0.05, 0) is 61.8 Å². The predicted octanol–water partition coefficient (Wildman–Crippen LogP) is 2.64. The van der Waals surface area contributed by atoms with E-state index in [4.69, 9.17) is 4.74 Å². The molecule has 0 radical (unpaired) electrons. The first-order valence-electron chi connectivity index (χ1n) is 8.13. The third-order valence-electron chi connectivity index (χ3n) is 5.32. The highest BCUT2D eigenvalue weighted by Gasteiger charge is 2.49. The van der Waals surface area contributed by atoms with Crippen LogP contribution in [0, 0.1) is 25.7 Å². The second-order valence-electron chi connectivity index (χ2n) is 6.74. The van der Waals surface area contributed by atoms with Crippen LogP contribution >= 0.6 is 0 Å². The Morgan fingerprint density at radius 3 is 2.43 bits per heavy atom. The molecule has 1 aliphatic heterocycles. The van der Waals surface area contributed by atoms with Crippen LogP contribution in [-0.2, 0) is 4.79 Å². The van der Waals surface area contributed by atoms with Gasteiger partial charge in [-0.15, -0.1) is 0 Å². The number of hydrogen-bond donors (Lipinski definition) is 1. The molecule has 1 aromatic carbocycles. The Kier molecular flexibility index (Phi) is 4.04. The Bertz CT molecular complexity index is 631. The molecule has 3 atom stereocenters. The molecule has 0 bridgehead atoms. The Balaban J connectivity index is 1.92. The van der Waals surface area contributed by atoms with E-state index in [-0.39, 0.29) is 11.8 Å². The van der Waals surface area contributed by atoms with Gasteiger partial charge in [0.05, 0.1) is 7.11 Å². The van der Waals surface area contributed by atoms with E-state index in [1.54, 1.807) is 24.1 Å². The van der Waals surface area contributed by atoms with Crippen molar-refractivity contribution in [3.05, 3.63) is 28.8 Å². The summed E-state index contributed by atoms with van der Waals surface area (Å²) in [6, 6.07) is 2.90. The molecule has 1 amide bonds. The molecule has 23 heavy (non-hydrogen) atoms. The first kappa shape index (κ1) is 15.8. The van der Waals surface area contributed by atoms with Crippen LogP contribution in [0.1, 0.15) is 40.7 Å². The van der Waals surface area contributed by atoms with Crippen LogP contribution in [-0.4, -0.2) is 41.6 Å². The Morgan fingerprint density at radius 2 is 1.87 bits per heavy atom. The SMILES string of the molecule is COc1c(C)cc(C(=O)N2C[C@@H]3CCC[C@H]3[C@@H]2C(=O)O)cc1C. The van der Waals surface area contributed by atoms with Gasteiger partial charge in [-0.3, -0.25) is 4.79 Å². The molecule has 2 aliphatic rings. The number of hydrogen-bond acceptors (Lipinski definition) is 3. The summed E-state index contributed by atoms with van der Waals surface area (Å²) in [5, 5.41) is 9.60. The Labute approximate surface area is 136 Å². The zero-order valence-electron chi connectivity index (χ0n) is 13.8. The van der Waals surface area contributed by atoms with Gasteiger partial charge in [0, 0.05) is 12.1 Å². The van der Waals surface area contributed by atoms with Crippen LogP contribution < -0.4 is 4.74 Å². The molecule has 3 rings (SSSR count). The fourth-order valence-corrected chi connectivity index (χ4v) is 4.39. The van der Waals surface area contributed by atoms with Gasteiger partial charge in [-0.25, -0.2) is 4.79 Å². The molecule has 0 aromatic heterocycles. The maximum Gasteiger partial charge on any atom is 0.326 e. The maximum absolute atomic E-state index is 12.9. The molecule has 5 heteroatoms. The number of carbonyl (C=O) groups is 2. The van der Waals surface area contributed by atoms with E-state index in [9.17, 15) is 14.7 Å². The number of nitrogens with zero attached hydrogens (tertiary/aromatic N) is 1. The van der Waals surface area contributed by atoms with Crippen LogP contribution in [0.25, 0.3) is 0 Å². The lowest BCUT2D eigenvalue weighted by atomic mass is 9.94. The first-order chi connectivity index (χ1) is 10.9. The summed E-state index contributed by atoms with van der Waals surface area (Å²) in [5.74, 6) is 0.155. The van der Waals surface area contributed by atoms with Crippen LogP contribution in [0.5, 0.6) is 5.75 Å². The Hall–Kier alpha value is -2.04. The molecular weight excluding hydrogens is 294 g/mol. The van der Waals surface area contributed by atoms with E-state index >= 15 is 0 Å². The molecule has 1 saturated carbocycles. The summed E-state index contributed by atoms with van der Waals surface area (Å²) >= 11 is 0. The van der Waals surface area contributed by atoms with Gasteiger partial charge in [0.2, 0.25) is 0 Å². The van der Waals surface area contributed by atoms with Crippen molar-refractivity contribution < 1.29 is 19.4 Å². The number of carboxylic acids is 1. The predicted molar refractivity (Wildman–Crippen MR) is 85.8 cm³/mol. The summed E-state index contributed by atoms with van der Waals surface area (Å²) in [6.07, 6.45) is 3.01. The number of rotatable bonds is 3. The van der Waals surface area contributed by atoms with E-state index in [1.807, 2.05) is 13.8 Å². The normalized spacial score (nSPS) is 26.2. The standard InChI is InChI=1S/C18H23NO4/c1-10-7-13(8-11(2)16(10)23-3)17(20)19-9-12-5-4-6-14(12)15(19)18(21)22/h7-8,12,14-15H,4-6,9H2,1-3H3,(H,21,22)/t12-,14+,15+/m0/s1. The quantitative estimate of drug-likeness (QED) is 0.930. The van der Waals surface area contributed by atoms with Crippen LogP contribution in [0.2, 0.25) is 0 Å². The molecule has 1 heterocycles. The van der Waals surface area contributed by atoms with Gasteiger partial charge in [0.15, 0.2) is 0 Å². The first-order valence-corrected chi connectivity index (χ1v) is 8.13. The number of amides is 1. The number of methoxy groups -OCH3 is 1.